The van der Waals surface area contributed by atoms with Crippen LogP contribution in [-0.2, 0) is 5.60 Å². The van der Waals surface area contributed by atoms with Crippen molar-refractivity contribution in [1.29, 1.82) is 0 Å². The summed E-state index contributed by atoms with van der Waals surface area (Å²) in [5, 5.41) is 11.1. The maximum absolute atomic E-state index is 11.1. The lowest BCUT2D eigenvalue weighted by Gasteiger charge is -2.49. The Balaban J connectivity index is 2.46. The van der Waals surface area contributed by atoms with Gasteiger partial charge in [-0.1, -0.05) is 27.7 Å². The lowest BCUT2D eigenvalue weighted by Crippen LogP contribution is -2.44. The Bertz CT molecular complexity index is 453. The van der Waals surface area contributed by atoms with Crippen LogP contribution in [0.3, 0.4) is 0 Å². The maximum atomic E-state index is 11.1. The van der Waals surface area contributed by atoms with Gasteiger partial charge in [0.05, 0.1) is 7.11 Å². The first-order chi connectivity index (χ1) is 8.68. The number of hydrogen-bond donors (Lipinski definition) is 1. The van der Waals surface area contributed by atoms with E-state index in [1.807, 2.05) is 0 Å². The van der Waals surface area contributed by atoms with E-state index in [-0.39, 0.29) is 10.8 Å². The van der Waals surface area contributed by atoms with Gasteiger partial charge in [0, 0.05) is 12.4 Å². The first kappa shape index (κ1) is 14.3. The number of methoxy groups -OCH3 is 1. The standard InChI is InChI=1S/C15H24N2O2/c1-13(2)8-14(3,4)10-15(18,9-13)11-12(19-5)17-7-6-16-11/h6-7,18H,8-10H2,1-5H3. The molecule has 19 heavy (non-hydrogen) atoms. The predicted molar refractivity (Wildman–Crippen MR) is 73.9 cm³/mol. The first-order valence-corrected chi connectivity index (χ1v) is 6.75. The van der Waals surface area contributed by atoms with Gasteiger partial charge < -0.3 is 9.84 Å². The minimum atomic E-state index is -0.967. The van der Waals surface area contributed by atoms with Crippen LogP contribution >= 0.6 is 0 Å². The van der Waals surface area contributed by atoms with Crippen molar-refractivity contribution in [1.82, 2.24) is 9.97 Å². The van der Waals surface area contributed by atoms with Crippen molar-refractivity contribution >= 4 is 0 Å². The number of ether oxygens (including phenoxy) is 1. The Hall–Kier alpha value is -1.16. The molecule has 0 spiro atoms. The number of aromatic nitrogens is 2. The highest BCUT2D eigenvalue weighted by molar-refractivity contribution is 5.26. The SMILES string of the molecule is COc1nccnc1C1(O)CC(C)(C)CC(C)(C)C1. The molecule has 0 aromatic carbocycles. The van der Waals surface area contributed by atoms with Gasteiger partial charge in [-0.05, 0) is 30.1 Å². The molecule has 0 atom stereocenters. The molecule has 1 fully saturated rings. The second kappa shape index (κ2) is 4.44. The van der Waals surface area contributed by atoms with Gasteiger partial charge in [-0.15, -0.1) is 0 Å². The minimum Gasteiger partial charge on any atom is -0.480 e. The molecule has 0 bridgehead atoms. The van der Waals surface area contributed by atoms with Gasteiger partial charge in [-0.2, -0.15) is 0 Å². The molecule has 1 heterocycles. The Labute approximate surface area is 115 Å². The van der Waals surface area contributed by atoms with Gasteiger partial charge in [0.25, 0.3) is 0 Å². The normalized spacial score (nSPS) is 23.9. The quantitative estimate of drug-likeness (QED) is 0.892. The van der Waals surface area contributed by atoms with E-state index < -0.39 is 5.60 Å². The molecule has 106 valence electrons. The molecule has 1 aromatic heterocycles. The monoisotopic (exact) mass is 264 g/mol. The largest absolute Gasteiger partial charge is 0.480 e. The Morgan fingerprint density at radius 1 is 1.00 bits per heavy atom. The molecule has 0 amide bonds. The van der Waals surface area contributed by atoms with E-state index >= 15 is 0 Å². The summed E-state index contributed by atoms with van der Waals surface area (Å²) < 4.78 is 5.27. The van der Waals surface area contributed by atoms with Crippen LogP contribution in [0.25, 0.3) is 0 Å². The van der Waals surface area contributed by atoms with E-state index in [0.717, 1.165) is 6.42 Å². The highest BCUT2D eigenvalue weighted by Gasteiger charge is 2.49. The number of aliphatic hydroxyl groups is 1. The van der Waals surface area contributed by atoms with Crippen molar-refractivity contribution in [2.24, 2.45) is 10.8 Å². The third kappa shape index (κ3) is 2.89. The summed E-state index contributed by atoms with van der Waals surface area (Å²) in [7, 11) is 1.57. The summed E-state index contributed by atoms with van der Waals surface area (Å²) in [4.78, 5) is 8.51. The molecule has 0 radical (unpaired) electrons. The average molecular weight is 264 g/mol. The van der Waals surface area contributed by atoms with Gasteiger partial charge in [-0.3, -0.25) is 4.98 Å². The fourth-order valence-electron chi connectivity index (χ4n) is 4.03. The minimum absolute atomic E-state index is 0.0685. The summed E-state index contributed by atoms with van der Waals surface area (Å²) in [6, 6.07) is 0. The molecule has 4 nitrogen and oxygen atoms in total. The predicted octanol–water partition coefficient (Wildman–Crippen LogP) is 2.91. The molecule has 1 aromatic rings. The van der Waals surface area contributed by atoms with Crippen LogP contribution < -0.4 is 4.74 Å². The van der Waals surface area contributed by atoms with Crippen LogP contribution in [-0.4, -0.2) is 22.2 Å². The van der Waals surface area contributed by atoms with E-state index in [1.54, 1.807) is 19.5 Å². The second-order valence-corrected chi connectivity index (χ2v) is 7.30. The van der Waals surface area contributed by atoms with Crippen LogP contribution in [0.4, 0.5) is 0 Å². The molecule has 2 rings (SSSR count). The smallest absolute Gasteiger partial charge is 0.238 e. The summed E-state index contributed by atoms with van der Waals surface area (Å²) >= 11 is 0. The van der Waals surface area contributed by atoms with Crippen molar-refractivity contribution in [3.8, 4) is 5.88 Å². The lowest BCUT2D eigenvalue weighted by atomic mass is 9.59. The number of hydrogen-bond acceptors (Lipinski definition) is 4. The lowest BCUT2D eigenvalue weighted by molar-refractivity contribution is -0.0953. The van der Waals surface area contributed by atoms with E-state index in [4.69, 9.17) is 4.74 Å². The van der Waals surface area contributed by atoms with Crippen molar-refractivity contribution in [2.45, 2.75) is 52.6 Å². The summed E-state index contributed by atoms with van der Waals surface area (Å²) in [5.41, 5.74) is -0.263. The zero-order valence-electron chi connectivity index (χ0n) is 12.5. The van der Waals surface area contributed by atoms with Crippen LogP contribution in [0, 0.1) is 10.8 Å². The summed E-state index contributed by atoms with van der Waals surface area (Å²) in [5.74, 6) is 0.429. The molecule has 0 unspecified atom stereocenters. The van der Waals surface area contributed by atoms with Crippen LogP contribution in [0.1, 0.15) is 52.7 Å². The third-order valence-electron chi connectivity index (χ3n) is 3.80. The fourth-order valence-corrected chi connectivity index (χ4v) is 4.03. The van der Waals surface area contributed by atoms with Crippen LogP contribution in [0.5, 0.6) is 5.88 Å². The Kier molecular flexibility index (Phi) is 3.33. The number of nitrogens with zero attached hydrogens (tertiary/aromatic N) is 2. The Morgan fingerprint density at radius 3 is 2.05 bits per heavy atom. The van der Waals surface area contributed by atoms with Crippen molar-refractivity contribution in [3.63, 3.8) is 0 Å². The highest BCUT2D eigenvalue weighted by Crippen LogP contribution is 2.54. The maximum Gasteiger partial charge on any atom is 0.238 e. The van der Waals surface area contributed by atoms with E-state index in [1.165, 1.54) is 0 Å². The van der Waals surface area contributed by atoms with Crippen molar-refractivity contribution in [3.05, 3.63) is 18.1 Å². The molecular weight excluding hydrogens is 240 g/mol. The molecular formula is C15H24N2O2. The molecule has 1 aliphatic carbocycles. The highest BCUT2D eigenvalue weighted by atomic mass is 16.5. The number of rotatable bonds is 2. The van der Waals surface area contributed by atoms with E-state index in [9.17, 15) is 5.11 Å². The van der Waals surface area contributed by atoms with Gasteiger partial charge in [0.15, 0.2) is 0 Å². The van der Waals surface area contributed by atoms with Crippen molar-refractivity contribution < 1.29 is 9.84 Å². The zero-order valence-corrected chi connectivity index (χ0v) is 12.5. The van der Waals surface area contributed by atoms with E-state index in [0.29, 0.717) is 24.4 Å². The van der Waals surface area contributed by atoms with E-state index in [2.05, 4.69) is 37.7 Å². The molecule has 0 aliphatic heterocycles. The topological polar surface area (TPSA) is 55.2 Å². The van der Waals surface area contributed by atoms with Crippen LogP contribution in [0.2, 0.25) is 0 Å². The summed E-state index contributed by atoms with van der Waals surface area (Å²) in [6.45, 7) is 8.78. The van der Waals surface area contributed by atoms with Crippen LogP contribution in [0.15, 0.2) is 12.4 Å². The Morgan fingerprint density at radius 2 is 1.53 bits per heavy atom. The van der Waals surface area contributed by atoms with Gasteiger partial charge in [0.2, 0.25) is 5.88 Å². The van der Waals surface area contributed by atoms with Crippen molar-refractivity contribution in [2.75, 3.05) is 7.11 Å². The molecule has 4 heteroatoms. The average Bonchev–Trinajstić information content (AvgIpc) is 2.24. The molecule has 1 N–H and O–H groups in total. The summed E-state index contributed by atoms with van der Waals surface area (Å²) in [6.07, 6.45) is 5.65. The molecule has 1 aliphatic rings. The van der Waals surface area contributed by atoms with Gasteiger partial charge >= 0.3 is 0 Å². The molecule has 1 saturated carbocycles. The van der Waals surface area contributed by atoms with Gasteiger partial charge in [0.1, 0.15) is 11.3 Å². The third-order valence-corrected chi connectivity index (χ3v) is 3.80. The first-order valence-electron chi connectivity index (χ1n) is 6.75. The molecule has 0 saturated heterocycles. The fraction of sp³-hybridized carbons (Fsp3) is 0.733. The van der Waals surface area contributed by atoms with Gasteiger partial charge in [-0.25, -0.2) is 4.98 Å². The second-order valence-electron chi connectivity index (χ2n) is 7.30. The zero-order chi connectivity index (χ0) is 14.3.